The average Bonchev–Trinajstić information content (AvgIpc) is 2.23. The van der Waals surface area contributed by atoms with Crippen molar-refractivity contribution in [3.8, 4) is 0 Å². The molecule has 0 spiro atoms. The van der Waals surface area contributed by atoms with Gasteiger partial charge in [0.1, 0.15) is 5.78 Å². The number of amides is 1. The Hall–Kier alpha value is -1.39. The minimum atomic E-state index is -0.938. The molecule has 1 atom stereocenters. The lowest BCUT2D eigenvalue weighted by molar-refractivity contribution is -0.138. The van der Waals surface area contributed by atoms with Crippen LogP contribution in [0.25, 0.3) is 0 Å². The molecule has 0 aliphatic heterocycles. The topological polar surface area (TPSA) is 83.5 Å². The van der Waals surface area contributed by atoms with Gasteiger partial charge in [0.05, 0.1) is 6.42 Å². The first-order valence-electron chi connectivity index (χ1n) is 6.27. The molecule has 0 aliphatic carbocycles. The predicted molar refractivity (Wildman–Crippen MR) is 68.1 cm³/mol. The zero-order chi connectivity index (χ0) is 14.3. The van der Waals surface area contributed by atoms with Crippen molar-refractivity contribution in [2.75, 3.05) is 0 Å². The largest absolute Gasteiger partial charge is 0.481 e. The summed E-state index contributed by atoms with van der Waals surface area (Å²) in [6.45, 7) is 7.30. The maximum Gasteiger partial charge on any atom is 0.305 e. The number of Topliss-reactive ketones (excluding diaryl/α,β-unsaturated/α-hetero) is 1. The van der Waals surface area contributed by atoms with Gasteiger partial charge in [-0.25, -0.2) is 0 Å². The van der Waals surface area contributed by atoms with E-state index in [-0.39, 0.29) is 48.8 Å². The van der Waals surface area contributed by atoms with Crippen molar-refractivity contribution in [3.05, 3.63) is 0 Å². The van der Waals surface area contributed by atoms with E-state index < -0.39 is 5.97 Å². The molecule has 0 bridgehead atoms. The molecule has 5 heteroatoms. The molecule has 5 nitrogen and oxygen atoms in total. The Balaban J connectivity index is 4.18. The molecule has 18 heavy (non-hydrogen) atoms. The van der Waals surface area contributed by atoms with Crippen LogP contribution in [0.3, 0.4) is 0 Å². The van der Waals surface area contributed by atoms with Gasteiger partial charge in [0, 0.05) is 24.8 Å². The van der Waals surface area contributed by atoms with Crippen molar-refractivity contribution in [1.29, 1.82) is 0 Å². The van der Waals surface area contributed by atoms with E-state index in [1.54, 1.807) is 13.8 Å². The number of rotatable bonds is 8. The molecule has 0 saturated heterocycles. The van der Waals surface area contributed by atoms with Crippen LogP contribution in [0.1, 0.15) is 47.0 Å². The Morgan fingerprint density at radius 3 is 2.00 bits per heavy atom. The Morgan fingerprint density at radius 2 is 1.61 bits per heavy atom. The van der Waals surface area contributed by atoms with Crippen LogP contribution in [-0.4, -0.2) is 28.8 Å². The normalized spacial score (nSPS) is 12.6. The minimum absolute atomic E-state index is 0.0458. The van der Waals surface area contributed by atoms with Crippen LogP contribution in [0.2, 0.25) is 0 Å². The first kappa shape index (κ1) is 16.6. The number of nitrogens with one attached hydrogen (secondary N) is 1. The highest BCUT2D eigenvalue weighted by Gasteiger charge is 2.19. The van der Waals surface area contributed by atoms with Crippen LogP contribution in [-0.2, 0) is 14.4 Å². The molecule has 0 fully saturated rings. The molecule has 0 rings (SSSR count). The molecule has 0 saturated carbocycles. The van der Waals surface area contributed by atoms with Crippen molar-refractivity contribution in [2.45, 2.75) is 53.0 Å². The smallest absolute Gasteiger partial charge is 0.305 e. The fourth-order valence-electron chi connectivity index (χ4n) is 1.45. The van der Waals surface area contributed by atoms with E-state index in [1.165, 1.54) is 0 Å². The number of carbonyl (C=O) groups is 3. The van der Waals surface area contributed by atoms with E-state index in [4.69, 9.17) is 5.11 Å². The van der Waals surface area contributed by atoms with Gasteiger partial charge in [0.25, 0.3) is 0 Å². The first-order chi connectivity index (χ1) is 8.23. The molecular weight excluding hydrogens is 234 g/mol. The standard InChI is InChI=1S/C13H23NO4/c1-8(2)10(7-13(17)18)14-12(16)6-5-11(15)9(3)4/h8-10H,5-7H2,1-4H3,(H,14,16)(H,17,18)/t10-/m1/s1. The monoisotopic (exact) mass is 257 g/mol. The number of ketones is 1. The van der Waals surface area contributed by atoms with Gasteiger partial charge in [-0.1, -0.05) is 27.7 Å². The first-order valence-corrected chi connectivity index (χ1v) is 6.27. The van der Waals surface area contributed by atoms with Crippen molar-refractivity contribution in [1.82, 2.24) is 5.32 Å². The summed E-state index contributed by atoms with van der Waals surface area (Å²) in [6, 6.07) is -0.385. The fourth-order valence-corrected chi connectivity index (χ4v) is 1.45. The molecule has 0 unspecified atom stereocenters. The van der Waals surface area contributed by atoms with E-state index in [0.717, 1.165) is 0 Å². The zero-order valence-corrected chi connectivity index (χ0v) is 11.5. The van der Waals surface area contributed by atoms with E-state index in [2.05, 4.69) is 5.32 Å². The lowest BCUT2D eigenvalue weighted by Gasteiger charge is -2.20. The molecule has 1 amide bonds. The summed E-state index contributed by atoms with van der Waals surface area (Å²) in [5.74, 6) is -1.18. The molecule has 2 N–H and O–H groups in total. The van der Waals surface area contributed by atoms with Crippen molar-refractivity contribution in [2.24, 2.45) is 11.8 Å². The maximum atomic E-state index is 11.6. The Bertz CT molecular complexity index is 310. The number of hydrogen-bond acceptors (Lipinski definition) is 3. The minimum Gasteiger partial charge on any atom is -0.481 e. The van der Waals surface area contributed by atoms with Gasteiger partial charge in [-0.05, 0) is 5.92 Å². The second-order valence-electron chi connectivity index (χ2n) is 5.14. The van der Waals surface area contributed by atoms with Gasteiger partial charge in [0.15, 0.2) is 0 Å². The van der Waals surface area contributed by atoms with Gasteiger partial charge >= 0.3 is 5.97 Å². The highest BCUT2D eigenvalue weighted by Crippen LogP contribution is 2.08. The third-order valence-electron chi connectivity index (χ3n) is 2.79. The van der Waals surface area contributed by atoms with E-state index in [0.29, 0.717) is 0 Å². The van der Waals surface area contributed by atoms with Gasteiger partial charge in [0.2, 0.25) is 5.91 Å². The van der Waals surface area contributed by atoms with Gasteiger partial charge in [-0.2, -0.15) is 0 Å². The fraction of sp³-hybridized carbons (Fsp3) is 0.769. The summed E-state index contributed by atoms with van der Waals surface area (Å²) in [5.41, 5.74) is 0. The third-order valence-corrected chi connectivity index (χ3v) is 2.79. The summed E-state index contributed by atoms with van der Waals surface area (Å²) < 4.78 is 0. The third kappa shape index (κ3) is 7.04. The van der Waals surface area contributed by atoms with E-state index in [9.17, 15) is 14.4 Å². The summed E-state index contributed by atoms with van der Waals surface area (Å²) in [5, 5.41) is 11.4. The highest BCUT2D eigenvalue weighted by molar-refractivity contribution is 5.86. The lowest BCUT2D eigenvalue weighted by Crippen LogP contribution is -2.40. The van der Waals surface area contributed by atoms with Gasteiger partial charge in [-0.3, -0.25) is 14.4 Å². The van der Waals surface area contributed by atoms with E-state index >= 15 is 0 Å². The summed E-state index contributed by atoms with van der Waals surface area (Å²) in [4.78, 5) is 33.6. The molecular formula is C13H23NO4. The van der Waals surface area contributed by atoms with Crippen molar-refractivity contribution < 1.29 is 19.5 Å². The summed E-state index contributed by atoms with van der Waals surface area (Å²) in [7, 11) is 0. The molecule has 0 heterocycles. The molecule has 104 valence electrons. The van der Waals surface area contributed by atoms with E-state index in [1.807, 2.05) is 13.8 Å². The number of carboxylic acids is 1. The SMILES string of the molecule is CC(C)C(=O)CCC(=O)N[C@H](CC(=O)O)C(C)C. The average molecular weight is 257 g/mol. The zero-order valence-electron chi connectivity index (χ0n) is 11.5. The summed E-state index contributed by atoms with van der Waals surface area (Å²) >= 11 is 0. The lowest BCUT2D eigenvalue weighted by atomic mass is 10.00. The Morgan fingerprint density at radius 1 is 1.06 bits per heavy atom. The molecule has 0 radical (unpaired) electrons. The molecule has 0 aromatic rings. The van der Waals surface area contributed by atoms with Gasteiger partial charge < -0.3 is 10.4 Å². The van der Waals surface area contributed by atoms with Gasteiger partial charge in [-0.15, -0.1) is 0 Å². The molecule has 0 aromatic carbocycles. The Kier molecular flexibility index (Phi) is 7.24. The quantitative estimate of drug-likeness (QED) is 0.692. The molecule has 0 aromatic heterocycles. The predicted octanol–water partition coefficient (Wildman–Crippen LogP) is 1.61. The van der Waals surface area contributed by atoms with Crippen LogP contribution >= 0.6 is 0 Å². The van der Waals surface area contributed by atoms with Crippen LogP contribution in [0, 0.1) is 11.8 Å². The number of carboxylic acid groups (broad SMARTS) is 1. The number of carbonyl (C=O) groups excluding carboxylic acids is 2. The number of hydrogen-bond donors (Lipinski definition) is 2. The Labute approximate surface area is 108 Å². The number of aliphatic carboxylic acids is 1. The highest BCUT2D eigenvalue weighted by atomic mass is 16.4. The van der Waals surface area contributed by atoms with Crippen molar-refractivity contribution in [3.63, 3.8) is 0 Å². The second-order valence-corrected chi connectivity index (χ2v) is 5.14. The van der Waals surface area contributed by atoms with Crippen molar-refractivity contribution >= 4 is 17.7 Å². The van der Waals surface area contributed by atoms with Crippen LogP contribution in [0.5, 0.6) is 0 Å². The van der Waals surface area contributed by atoms with Crippen LogP contribution in [0.15, 0.2) is 0 Å². The summed E-state index contributed by atoms with van der Waals surface area (Å²) in [6.07, 6.45) is 0.239. The maximum absolute atomic E-state index is 11.6. The second kappa shape index (κ2) is 7.84. The molecule has 0 aliphatic rings. The van der Waals surface area contributed by atoms with Crippen LogP contribution < -0.4 is 5.32 Å². The van der Waals surface area contributed by atoms with Crippen LogP contribution in [0.4, 0.5) is 0 Å².